The minimum absolute atomic E-state index is 0.145. The Kier molecular flexibility index (Phi) is 3.77. The molecule has 1 N–H and O–H groups in total. The lowest BCUT2D eigenvalue weighted by atomic mass is 10.2. The first kappa shape index (κ1) is 17.2. The molecule has 3 heterocycles. The Morgan fingerprint density at radius 2 is 1.72 bits per heavy atom. The van der Waals surface area contributed by atoms with Crippen molar-refractivity contribution in [1.82, 2.24) is 24.1 Å². The van der Waals surface area contributed by atoms with Crippen molar-refractivity contribution in [2.45, 2.75) is 13.8 Å². The second-order valence-electron chi connectivity index (χ2n) is 6.88. The van der Waals surface area contributed by atoms with E-state index in [1.807, 2.05) is 30.3 Å². The summed E-state index contributed by atoms with van der Waals surface area (Å²) in [4.78, 5) is 9.41. The first-order chi connectivity index (χ1) is 14.1. The summed E-state index contributed by atoms with van der Waals surface area (Å²) in [6.45, 7) is 4.11. The predicted octanol–water partition coefficient (Wildman–Crippen LogP) is 4.07. The van der Waals surface area contributed by atoms with Gasteiger partial charge in [-0.25, -0.2) is 14.5 Å². The number of rotatable bonds is 3. The number of hydrogen-bond donors (Lipinski definition) is 1. The summed E-state index contributed by atoms with van der Waals surface area (Å²) in [5.41, 5.74) is 5.11. The maximum Gasteiger partial charge on any atom is 0.185 e. The summed E-state index contributed by atoms with van der Waals surface area (Å²) in [5, 5.41) is 15.6. The topological polar surface area (TPSA) is 77.5 Å². The average molecular weight is 385 g/mol. The molecule has 0 bridgehead atoms. The molecule has 0 unspecified atom stereocenters. The van der Waals surface area contributed by atoms with Gasteiger partial charge in [0.15, 0.2) is 17.1 Å². The Bertz CT molecular complexity index is 1380. The number of methoxy groups -OCH3 is 1. The lowest BCUT2D eigenvalue weighted by molar-refractivity contribution is 0.413. The van der Waals surface area contributed by atoms with Gasteiger partial charge in [-0.05, 0) is 43.7 Å². The summed E-state index contributed by atoms with van der Waals surface area (Å²) >= 11 is 0. The second-order valence-corrected chi connectivity index (χ2v) is 6.88. The van der Waals surface area contributed by atoms with Gasteiger partial charge in [0.25, 0.3) is 0 Å². The number of phenolic OH excluding ortho intramolecular Hbond substituents is 1. The van der Waals surface area contributed by atoms with E-state index in [4.69, 9.17) is 9.72 Å². The van der Waals surface area contributed by atoms with Crippen LogP contribution in [-0.2, 0) is 0 Å². The van der Waals surface area contributed by atoms with Crippen LogP contribution in [0.1, 0.15) is 11.3 Å². The highest BCUT2D eigenvalue weighted by Gasteiger charge is 2.21. The fourth-order valence-corrected chi connectivity index (χ4v) is 3.75. The van der Waals surface area contributed by atoms with Crippen molar-refractivity contribution in [3.05, 3.63) is 66.1 Å². The molecule has 7 nitrogen and oxygen atoms in total. The summed E-state index contributed by atoms with van der Waals surface area (Å²) in [5.74, 6) is 1.37. The third-order valence-electron chi connectivity index (χ3n) is 5.30. The van der Waals surface area contributed by atoms with E-state index in [2.05, 4.69) is 28.5 Å². The molecule has 29 heavy (non-hydrogen) atoms. The van der Waals surface area contributed by atoms with E-state index in [9.17, 15) is 5.11 Å². The standard InChI is InChI=1S/C22H19N5O2/c1-13-14(2)27(16-9-5-7-11-18(16)29-3)21-19(13)22-24-20(25-26(22)12-23-21)15-8-4-6-10-17(15)28/h4-12,28H,1-3H3. The quantitative estimate of drug-likeness (QED) is 0.507. The van der Waals surface area contributed by atoms with E-state index in [0.717, 1.165) is 33.7 Å². The largest absolute Gasteiger partial charge is 0.507 e. The van der Waals surface area contributed by atoms with Crippen LogP contribution in [0.15, 0.2) is 54.9 Å². The van der Waals surface area contributed by atoms with Crippen LogP contribution in [0.5, 0.6) is 11.5 Å². The number of para-hydroxylation sites is 3. The number of benzene rings is 2. The fourth-order valence-electron chi connectivity index (χ4n) is 3.75. The molecular formula is C22H19N5O2. The van der Waals surface area contributed by atoms with E-state index in [1.165, 1.54) is 0 Å². The molecule has 0 fully saturated rings. The lowest BCUT2D eigenvalue weighted by Crippen LogP contribution is -2.01. The lowest BCUT2D eigenvalue weighted by Gasteiger charge is -2.12. The molecule has 5 aromatic rings. The Balaban J connectivity index is 1.82. The Morgan fingerprint density at radius 1 is 0.966 bits per heavy atom. The number of ether oxygens (including phenoxy) is 1. The van der Waals surface area contributed by atoms with Crippen molar-refractivity contribution in [2.75, 3.05) is 7.11 Å². The summed E-state index contributed by atoms with van der Waals surface area (Å²) in [6, 6.07) is 14.9. The van der Waals surface area contributed by atoms with Gasteiger partial charge in [0, 0.05) is 5.69 Å². The first-order valence-corrected chi connectivity index (χ1v) is 9.25. The number of nitrogens with zero attached hydrogens (tertiary/aromatic N) is 5. The van der Waals surface area contributed by atoms with Gasteiger partial charge in [0.05, 0.1) is 23.7 Å². The predicted molar refractivity (Wildman–Crippen MR) is 111 cm³/mol. The molecule has 7 heteroatoms. The number of aromatic hydroxyl groups is 1. The molecule has 0 saturated heterocycles. The summed E-state index contributed by atoms with van der Waals surface area (Å²) in [7, 11) is 1.66. The molecule has 0 aliphatic carbocycles. The fraction of sp³-hybridized carbons (Fsp3) is 0.136. The highest BCUT2D eigenvalue weighted by atomic mass is 16.5. The van der Waals surface area contributed by atoms with Crippen molar-refractivity contribution in [3.8, 4) is 28.6 Å². The number of aromatic nitrogens is 5. The first-order valence-electron chi connectivity index (χ1n) is 9.25. The molecule has 0 amide bonds. The van der Waals surface area contributed by atoms with Crippen molar-refractivity contribution in [1.29, 1.82) is 0 Å². The minimum Gasteiger partial charge on any atom is -0.507 e. The molecule has 5 rings (SSSR count). The molecular weight excluding hydrogens is 366 g/mol. The zero-order chi connectivity index (χ0) is 20.1. The smallest absolute Gasteiger partial charge is 0.185 e. The highest BCUT2D eigenvalue weighted by Crippen LogP contribution is 2.34. The minimum atomic E-state index is 0.145. The molecule has 0 saturated carbocycles. The number of phenols is 1. The van der Waals surface area contributed by atoms with Gasteiger partial charge in [0.1, 0.15) is 17.8 Å². The van der Waals surface area contributed by atoms with Crippen LogP contribution in [0.3, 0.4) is 0 Å². The van der Waals surface area contributed by atoms with Gasteiger partial charge < -0.3 is 9.84 Å². The van der Waals surface area contributed by atoms with Crippen molar-refractivity contribution in [3.63, 3.8) is 0 Å². The van der Waals surface area contributed by atoms with Gasteiger partial charge in [-0.15, -0.1) is 5.10 Å². The zero-order valence-electron chi connectivity index (χ0n) is 16.3. The maximum atomic E-state index is 10.2. The molecule has 0 aliphatic rings. The van der Waals surface area contributed by atoms with Crippen LogP contribution in [-0.4, -0.2) is 36.4 Å². The van der Waals surface area contributed by atoms with Crippen LogP contribution in [0.4, 0.5) is 0 Å². The van der Waals surface area contributed by atoms with Gasteiger partial charge in [0.2, 0.25) is 0 Å². The van der Waals surface area contributed by atoms with Crippen LogP contribution < -0.4 is 4.74 Å². The van der Waals surface area contributed by atoms with Crippen LogP contribution in [0, 0.1) is 13.8 Å². The normalized spacial score (nSPS) is 11.4. The number of aryl methyl sites for hydroxylation is 1. The van der Waals surface area contributed by atoms with E-state index < -0.39 is 0 Å². The second kappa shape index (κ2) is 6.34. The Labute approximate surface area is 166 Å². The van der Waals surface area contributed by atoms with Crippen molar-refractivity contribution >= 4 is 16.7 Å². The van der Waals surface area contributed by atoms with Crippen molar-refractivity contribution in [2.24, 2.45) is 0 Å². The molecule has 0 radical (unpaired) electrons. The Morgan fingerprint density at radius 3 is 2.52 bits per heavy atom. The third-order valence-corrected chi connectivity index (χ3v) is 5.30. The molecule has 3 aromatic heterocycles. The highest BCUT2D eigenvalue weighted by molar-refractivity contribution is 5.95. The van der Waals surface area contributed by atoms with Gasteiger partial charge in [-0.2, -0.15) is 0 Å². The molecule has 144 valence electrons. The number of hydrogen-bond acceptors (Lipinski definition) is 5. The SMILES string of the molecule is COc1ccccc1-n1c(C)c(C)c2c1ncn1nc(-c3ccccc3O)nc21. The van der Waals surface area contributed by atoms with E-state index in [1.54, 1.807) is 36.2 Å². The van der Waals surface area contributed by atoms with Crippen LogP contribution in [0.25, 0.3) is 33.8 Å². The maximum absolute atomic E-state index is 10.2. The molecule has 2 aromatic carbocycles. The Hall–Kier alpha value is -3.87. The third kappa shape index (κ3) is 2.47. The van der Waals surface area contributed by atoms with Gasteiger partial charge >= 0.3 is 0 Å². The van der Waals surface area contributed by atoms with E-state index >= 15 is 0 Å². The molecule has 0 aliphatic heterocycles. The van der Waals surface area contributed by atoms with Crippen molar-refractivity contribution < 1.29 is 9.84 Å². The summed E-state index contributed by atoms with van der Waals surface area (Å²) < 4.78 is 9.30. The van der Waals surface area contributed by atoms with Crippen LogP contribution in [0.2, 0.25) is 0 Å². The van der Waals surface area contributed by atoms with Gasteiger partial charge in [-0.3, -0.25) is 4.57 Å². The summed E-state index contributed by atoms with van der Waals surface area (Å²) in [6.07, 6.45) is 1.65. The zero-order valence-corrected chi connectivity index (χ0v) is 16.3. The van der Waals surface area contributed by atoms with Crippen LogP contribution >= 0.6 is 0 Å². The van der Waals surface area contributed by atoms with E-state index in [-0.39, 0.29) is 5.75 Å². The average Bonchev–Trinajstić information content (AvgIpc) is 3.27. The number of fused-ring (bicyclic) bond motifs is 3. The monoisotopic (exact) mass is 385 g/mol. The van der Waals surface area contributed by atoms with E-state index in [0.29, 0.717) is 17.0 Å². The molecule has 0 spiro atoms. The molecule has 0 atom stereocenters. The van der Waals surface area contributed by atoms with Gasteiger partial charge in [-0.1, -0.05) is 24.3 Å².